The first-order valence-corrected chi connectivity index (χ1v) is 5.08. The number of fused-ring (bicyclic) bond motifs is 2. The molecule has 1 heterocycles. The van der Waals surface area contributed by atoms with E-state index in [1.165, 1.54) is 36.4 Å². The standard InChI is InChI=1S/C12H6FNO4/c13-8-2-1-3-10-12(8)18-9-5-4-7(14(15)16)6-11(9)17-10/h1-6H. The molecular formula is C12H6FNO4. The zero-order valence-corrected chi connectivity index (χ0v) is 8.92. The summed E-state index contributed by atoms with van der Waals surface area (Å²) in [5.74, 6) is 0.0823. The fraction of sp³-hybridized carbons (Fsp3) is 0. The summed E-state index contributed by atoms with van der Waals surface area (Å²) in [5.41, 5.74) is -0.114. The van der Waals surface area contributed by atoms with Crippen molar-refractivity contribution in [2.75, 3.05) is 0 Å². The minimum atomic E-state index is -0.545. The molecule has 1 aliphatic rings. The van der Waals surface area contributed by atoms with E-state index in [0.717, 1.165) is 0 Å². The molecule has 0 N–H and O–H groups in total. The summed E-state index contributed by atoms with van der Waals surface area (Å²) in [6, 6.07) is 8.14. The summed E-state index contributed by atoms with van der Waals surface area (Å²) in [7, 11) is 0. The molecule has 0 aromatic heterocycles. The van der Waals surface area contributed by atoms with Gasteiger partial charge in [0.25, 0.3) is 5.69 Å². The minimum absolute atomic E-state index is 0.0150. The second kappa shape index (κ2) is 3.69. The van der Waals surface area contributed by atoms with Crippen LogP contribution < -0.4 is 9.47 Å². The topological polar surface area (TPSA) is 61.6 Å². The predicted molar refractivity (Wildman–Crippen MR) is 59.6 cm³/mol. The third kappa shape index (κ3) is 1.55. The Balaban J connectivity index is 2.08. The van der Waals surface area contributed by atoms with Gasteiger partial charge in [-0.3, -0.25) is 10.1 Å². The number of non-ortho nitro benzene ring substituents is 1. The molecule has 0 bridgehead atoms. The van der Waals surface area contributed by atoms with E-state index < -0.39 is 10.7 Å². The Kier molecular flexibility index (Phi) is 2.16. The first-order chi connectivity index (χ1) is 8.65. The van der Waals surface area contributed by atoms with Crippen molar-refractivity contribution in [1.29, 1.82) is 0 Å². The van der Waals surface area contributed by atoms with E-state index in [0.29, 0.717) is 0 Å². The average molecular weight is 247 g/mol. The van der Waals surface area contributed by atoms with Crippen LogP contribution in [0.15, 0.2) is 36.4 Å². The van der Waals surface area contributed by atoms with Gasteiger partial charge >= 0.3 is 0 Å². The van der Waals surface area contributed by atoms with Crippen LogP contribution in [0.3, 0.4) is 0 Å². The van der Waals surface area contributed by atoms with E-state index in [1.54, 1.807) is 0 Å². The molecule has 0 amide bonds. The maximum atomic E-state index is 13.5. The highest BCUT2D eigenvalue weighted by Gasteiger charge is 2.23. The highest BCUT2D eigenvalue weighted by atomic mass is 19.1. The van der Waals surface area contributed by atoms with Gasteiger partial charge in [-0.1, -0.05) is 6.07 Å². The monoisotopic (exact) mass is 247 g/mol. The highest BCUT2D eigenvalue weighted by molar-refractivity contribution is 5.57. The number of nitro benzene ring substituents is 1. The van der Waals surface area contributed by atoms with E-state index >= 15 is 0 Å². The molecule has 90 valence electrons. The minimum Gasteiger partial charge on any atom is -0.449 e. The number of hydrogen-bond donors (Lipinski definition) is 0. The number of benzene rings is 2. The molecule has 5 nitrogen and oxygen atoms in total. The van der Waals surface area contributed by atoms with Crippen LogP contribution in [-0.2, 0) is 0 Å². The lowest BCUT2D eigenvalue weighted by atomic mass is 10.2. The van der Waals surface area contributed by atoms with Crippen LogP contribution >= 0.6 is 0 Å². The van der Waals surface area contributed by atoms with E-state index in [1.807, 2.05) is 0 Å². The molecule has 0 radical (unpaired) electrons. The first-order valence-electron chi connectivity index (χ1n) is 5.08. The maximum absolute atomic E-state index is 13.5. The Labute approximate surface area is 101 Å². The molecule has 0 fully saturated rings. The summed E-state index contributed by atoms with van der Waals surface area (Å²) in [6.45, 7) is 0. The molecule has 0 saturated heterocycles. The summed E-state index contributed by atoms with van der Waals surface area (Å²) < 4.78 is 24.2. The summed E-state index contributed by atoms with van der Waals surface area (Å²) in [5, 5.41) is 10.6. The van der Waals surface area contributed by atoms with Gasteiger partial charge in [0.1, 0.15) is 0 Å². The third-order valence-electron chi connectivity index (χ3n) is 2.50. The van der Waals surface area contributed by atoms with Gasteiger partial charge in [-0.25, -0.2) is 4.39 Å². The van der Waals surface area contributed by atoms with Gasteiger partial charge < -0.3 is 9.47 Å². The zero-order chi connectivity index (χ0) is 12.7. The van der Waals surface area contributed by atoms with Crippen molar-refractivity contribution in [3.05, 3.63) is 52.3 Å². The molecule has 0 atom stereocenters. The van der Waals surface area contributed by atoms with Gasteiger partial charge in [0, 0.05) is 6.07 Å². The molecule has 2 aromatic rings. The largest absolute Gasteiger partial charge is 0.449 e. The van der Waals surface area contributed by atoms with Gasteiger partial charge in [-0.05, 0) is 18.2 Å². The molecule has 0 spiro atoms. The number of para-hydroxylation sites is 1. The van der Waals surface area contributed by atoms with E-state index in [2.05, 4.69) is 0 Å². The van der Waals surface area contributed by atoms with Crippen LogP contribution in [-0.4, -0.2) is 4.92 Å². The molecule has 0 aliphatic carbocycles. The number of nitro groups is 1. The Morgan fingerprint density at radius 3 is 2.67 bits per heavy atom. The lowest BCUT2D eigenvalue weighted by Gasteiger charge is -2.20. The van der Waals surface area contributed by atoms with Crippen LogP contribution in [0.1, 0.15) is 0 Å². The van der Waals surface area contributed by atoms with Crippen LogP contribution in [0.5, 0.6) is 23.0 Å². The van der Waals surface area contributed by atoms with Crippen LogP contribution in [0.4, 0.5) is 10.1 Å². The number of rotatable bonds is 1. The smallest absolute Gasteiger partial charge is 0.273 e. The van der Waals surface area contributed by atoms with Crippen molar-refractivity contribution in [2.24, 2.45) is 0 Å². The van der Waals surface area contributed by atoms with Crippen molar-refractivity contribution >= 4 is 5.69 Å². The second-order valence-electron chi connectivity index (χ2n) is 3.66. The molecule has 1 aliphatic heterocycles. The summed E-state index contributed by atoms with van der Waals surface area (Å²) in [6.07, 6.45) is 0. The summed E-state index contributed by atoms with van der Waals surface area (Å²) >= 11 is 0. The van der Waals surface area contributed by atoms with Gasteiger partial charge in [0.15, 0.2) is 23.1 Å². The third-order valence-corrected chi connectivity index (χ3v) is 2.50. The Bertz CT molecular complexity index is 657. The Morgan fingerprint density at radius 2 is 1.89 bits per heavy atom. The molecule has 0 saturated carbocycles. The van der Waals surface area contributed by atoms with E-state index in [-0.39, 0.29) is 28.7 Å². The molecule has 6 heteroatoms. The fourth-order valence-electron chi connectivity index (χ4n) is 1.67. The van der Waals surface area contributed by atoms with Gasteiger partial charge in [-0.15, -0.1) is 0 Å². The van der Waals surface area contributed by atoms with Crippen LogP contribution in [0.25, 0.3) is 0 Å². The van der Waals surface area contributed by atoms with Crippen molar-refractivity contribution < 1.29 is 18.8 Å². The van der Waals surface area contributed by atoms with Gasteiger partial charge in [0.05, 0.1) is 11.0 Å². The second-order valence-corrected chi connectivity index (χ2v) is 3.66. The lowest BCUT2D eigenvalue weighted by Crippen LogP contribution is -2.01. The van der Waals surface area contributed by atoms with E-state index in [4.69, 9.17) is 9.47 Å². The van der Waals surface area contributed by atoms with Crippen molar-refractivity contribution in [1.82, 2.24) is 0 Å². The normalized spacial score (nSPS) is 11.8. The molecule has 0 unspecified atom stereocenters. The molecular weight excluding hydrogens is 241 g/mol. The number of halogens is 1. The van der Waals surface area contributed by atoms with Gasteiger partial charge in [0.2, 0.25) is 5.75 Å². The maximum Gasteiger partial charge on any atom is 0.273 e. The average Bonchev–Trinajstić information content (AvgIpc) is 2.36. The molecule has 18 heavy (non-hydrogen) atoms. The van der Waals surface area contributed by atoms with Gasteiger partial charge in [-0.2, -0.15) is 0 Å². The summed E-state index contributed by atoms with van der Waals surface area (Å²) in [4.78, 5) is 10.1. The fourth-order valence-corrected chi connectivity index (χ4v) is 1.67. The van der Waals surface area contributed by atoms with Crippen LogP contribution in [0, 0.1) is 15.9 Å². The molecule has 2 aromatic carbocycles. The first kappa shape index (κ1) is 10.5. The quantitative estimate of drug-likeness (QED) is 0.486. The Hall–Kier alpha value is -2.63. The van der Waals surface area contributed by atoms with Crippen molar-refractivity contribution in [2.45, 2.75) is 0 Å². The number of ether oxygens (including phenoxy) is 2. The highest BCUT2D eigenvalue weighted by Crippen LogP contribution is 2.47. The zero-order valence-electron chi connectivity index (χ0n) is 8.92. The Morgan fingerprint density at radius 1 is 1.06 bits per heavy atom. The molecule has 3 rings (SSSR count). The predicted octanol–water partition coefficient (Wildman–Crippen LogP) is 3.63. The lowest BCUT2D eigenvalue weighted by molar-refractivity contribution is -0.384. The van der Waals surface area contributed by atoms with E-state index in [9.17, 15) is 14.5 Å². The number of nitrogens with zero attached hydrogens (tertiary/aromatic N) is 1. The SMILES string of the molecule is O=[N+]([O-])c1ccc2c(c1)Oc1cccc(F)c1O2. The number of hydrogen-bond acceptors (Lipinski definition) is 4. The van der Waals surface area contributed by atoms with Crippen molar-refractivity contribution in [3.63, 3.8) is 0 Å². The van der Waals surface area contributed by atoms with Crippen LogP contribution in [0.2, 0.25) is 0 Å². The van der Waals surface area contributed by atoms with Crippen molar-refractivity contribution in [3.8, 4) is 23.0 Å².